The molecule has 1 aromatic rings. The van der Waals surface area contributed by atoms with Gasteiger partial charge in [0.2, 0.25) is 5.91 Å². The number of hydrogen-bond donors (Lipinski definition) is 2. The average Bonchev–Trinajstić information content (AvgIpc) is 2.52. The summed E-state index contributed by atoms with van der Waals surface area (Å²) in [5.41, 5.74) is -0.335. The third kappa shape index (κ3) is 5.84. The molecule has 132 valence electrons. The number of nitro benzene ring substituents is 1. The third-order valence-corrected chi connectivity index (χ3v) is 3.20. The molecule has 0 fully saturated rings. The Bertz CT molecular complexity index is 605. The zero-order valence-electron chi connectivity index (χ0n) is 13.6. The highest BCUT2D eigenvalue weighted by molar-refractivity contribution is 5.95. The number of quaternary nitrogens is 1. The Kier molecular flexibility index (Phi) is 7.63. The number of anilines is 1. The summed E-state index contributed by atoms with van der Waals surface area (Å²) in [6.07, 6.45) is 0.405. The third-order valence-electron chi connectivity index (χ3n) is 3.20. The number of rotatable bonds is 10. The number of carboxylic acids is 1. The van der Waals surface area contributed by atoms with Crippen LogP contribution >= 0.6 is 0 Å². The Balaban J connectivity index is 2.85. The molecule has 0 unspecified atom stereocenters. The largest absolute Gasteiger partial charge is 0.544 e. The fraction of sp³-hybridized carbons (Fsp3) is 0.467. The number of carboxylic acid groups (broad SMARTS) is 1. The topological polar surface area (TPSA) is 138 Å². The van der Waals surface area contributed by atoms with E-state index in [1.165, 1.54) is 23.5 Å². The highest BCUT2D eigenvalue weighted by Crippen LogP contribution is 2.29. The summed E-state index contributed by atoms with van der Waals surface area (Å²) in [5.74, 6) is -1.67. The Hall–Kier alpha value is -2.68. The lowest BCUT2D eigenvalue weighted by Gasteiger charge is -2.16. The number of nitrogens with zero attached hydrogens (tertiary/aromatic N) is 1. The smallest absolute Gasteiger partial charge is 0.296 e. The maximum atomic E-state index is 12.0. The SMILES string of the molecule is CCC[NH2+][C@H](CC(=O)Nc1ccc(OCC)cc1[N+](=O)[O-])C(=O)[O-]. The van der Waals surface area contributed by atoms with Crippen LogP contribution in [-0.4, -0.2) is 36.0 Å². The Morgan fingerprint density at radius 3 is 2.62 bits per heavy atom. The van der Waals surface area contributed by atoms with Crippen LogP contribution in [0.4, 0.5) is 11.4 Å². The molecule has 0 saturated heterocycles. The molecule has 0 bridgehead atoms. The highest BCUT2D eigenvalue weighted by atomic mass is 16.6. The van der Waals surface area contributed by atoms with Crippen molar-refractivity contribution in [2.45, 2.75) is 32.7 Å². The molecule has 0 aliphatic carbocycles. The van der Waals surface area contributed by atoms with Crippen molar-refractivity contribution in [3.05, 3.63) is 28.3 Å². The molecule has 1 atom stereocenters. The number of amides is 1. The van der Waals surface area contributed by atoms with Crippen molar-refractivity contribution in [3.8, 4) is 5.75 Å². The van der Waals surface area contributed by atoms with E-state index in [1.807, 2.05) is 6.92 Å². The van der Waals surface area contributed by atoms with E-state index in [4.69, 9.17) is 4.74 Å². The minimum Gasteiger partial charge on any atom is -0.544 e. The van der Waals surface area contributed by atoms with E-state index >= 15 is 0 Å². The van der Waals surface area contributed by atoms with Crippen molar-refractivity contribution in [1.82, 2.24) is 0 Å². The minimum absolute atomic E-state index is 0.0129. The lowest BCUT2D eigenvalue weighted by atomic mass is 10.2. The van der Waals surface area contributed by atoms with Crippen molar-refractivity contribution < 1.29 is 29.7 Å². The fourth-order valence-corrected chi connectivity index (χ4v) is 2.06. The van der Waals surface area contributed by atoms with E-state index in [1.54, 1.807) is 6.92 Å². The molecular weight excluding hydrogens is 318 g/mol. The predicted octanol–water partition coefficient (Wildman–Crippen LogP) is -0.586. The van der Waals surface area contributed by atoms with E-state index in [0.29, 0.717) is 18.9 Å². The first kappa shape index (κ1) is 19.4. The summed E-state index contributed by atoms with van der Waals surface area (Å²) >= 11 is 0. The summed E-state index contributed by atoms with van der Waals surface area (Å²) in [5, 5.41) is 26.0. The summed E-state index contributed by atoms with van der Waals surface area (Å²) in [6.45, 7) is 4.51. The van der Waals surface area contributed by atoms with Crippen molar-refractivity contribution in [2.24, 2.45) is 0 Å². The van der Waals surface area contributed by atoms with E-state index in [9.17, 15) is 24.8 Å². The van der Waals surface area contributed by atoms with Gasteiger partial charge >= 0.3 is 0 Å². The predicted molar refractivity (Wildman–Crippen MR) is 83.4 cm³/mol. The number of hydrogen-bond acceptors (Lipinski definition) is 6. The van der Waals surface area contributed by atoms with Crippen LogP contribution in [0.3, 0.4) is 0 Å². The van der Waals surface area contributed by atoms with Gasteiger partial charge < -0.3 is 25.3 Å². The molecular formula is C15H21N3O6. The lowest BCUT2D eigenvalue weighted by Crippen LogP contribution is -2.93. The van der Waals surface area contributed by atoms with Gasteiger partial charge in [-0.1, -0.05) is 6.92 Å². The molecule has 0 radical (unpaired) electrons. The number of aliphatic carboxylic acids is 1. The van der Waals surface area contributed by atoms with Crippen molar-refractivity contribution in [2.75, 3.05) is 18.5 Å². The number of carbonyl (C=O) groups excluding carboxylic acids is 2. The molecule has 1 amide bonds. The van der Waals surface area contributed by atoms with Gasteiger partial charge in [-0.15, -0.1) is 0 Å². The van der Waals surface area contributed by atoms with Crippen molar-refractivity contribution in [3.63, 3.8) is 0 Å². The maximum Gasteiger partial charge on any atom is 0.296 e. The van der Waals surface area contributed by atoms with Gasteiger partial charge in [0.05, 0.1) is 36.5 Å². The van der Waals surface area contributed by atoms with Crippen LogP contribution in [0.5, 0.6) is 5.75 Å². The normalized spacial score (nSPS) is 11.6. The first-order valence-electron chi connectivity index (χ1n) is 7.64. The van der Waals surface area contributed by atoms with Crippen LogP contribution in [-0.2, 0) is 9.59 Å². The molecule has 9 heteroatoms. The molecule has 24 heavy (non-hydrogen) atoms. The summed E-state index contributed by atoms with van der Waals surface area (Å²) in [6, 6.07) is 3.02. The van der Waals surface area contributed by atoms with Gasteiger partial charge in [-0.2, -0.15) is 0 Å². The fourth-order valence-electron chi connectivity index (χ4n) is 2.06. The number of nitrogens with one attached hydrogen (secondary N) is 1. The summed E-state index contributed by atoms with van der Waals surface area (Å²) in [4.78, 5) is 33.5. The van der Waals surface area contributed by atoms with Crippen LogP contribution < -0.4 is 20.5 Å². The number of benzene rings is 1. The van der Waals surface area contributed by atoms with Crippen molar-refractivity contribution in [1.29, 1.82) is 0 Å². The molecule has 1 aromatic carbocycles. The first-order valence-corrected chi connectivity index (χ1v) is 7.64. The van der Waals surface area contributed by atoms with Gasteiger partial charge in [0.15, 0.2) is 0 Å². The van der Waals surface area contributed by atoms with Crippen LogP contribution in [0.25, 0.3) is 0 Å². The molecule has 9 nitrogen and oxygen atoms in total. The Morgan fingerprint density at radius 2 is 2.08 bits per heavy atom. The number of carbonyl (C=O) groups is 2. The summed E-state index contributed by atoms with van der Waals surface area (Å²) < 4.78 is 5.19. The van der Waals surface area contributed by atoms with Crippen LogP contribution in [0, 0.1) is 10.1 Å². The standard InChI is InChI=1S/C15H21N3O6/c1-3-7-16-12(15(20)21)9-14(19)17-11-6-5-10(24-4-2)8-13(11)18(22)23/h5-6,8,12,16H,3-4,7,9H2,1-2H3,(H,17,19)(H,20,21)/t12-/m1/s1. The van der Waals surface area contributed by atoms with Gasteiger partial charge in [0.25, 0.3) is 5.69 Å². The lowest BCUT2D eigenvalue weighted by molar-refractivity contribution is -0.682. The summed E-state index contributed by atoms with van der Waals surface area (Å²) in [7, 11) is 0. The number of nitrogens with two attached hydrogens (primary N) is 1. The average molecular weight is 339 g/mol. The Morgan fingerprint density at radius 1 is 1.38 bits per heavy atom. The van der Waals surface area contributed by atoms with E-state index in [0.717, 1.165) is 6.42 Å². The zero-order chi connectivity index (χ0) is 18.1. The quantitative estimate of drug-likeness (QED) is 0.432. The van der Waals surface area contributed by atoms with E-state index < -0.39 is 22.8 Å². The van der Waals surface area contributed by atoms with E-state index in [2.05, 4.69) is 5.32 Å². The van der Waals surface area contributed by atoms with Gasteiger partial charge in [0.1, 0.15) is 17.5 Å². The maximum absolute atomic E-state index is 12.0. The second kappa shape index (κ2) is 9.46. The molecule has 0 aromatic heterocycles. The zero-order valence-corrected chi connectivity index (χ0v) is 13.6. The molecule has 0 spiro atoms. The molecule has 1 rings (SSSR count). The highest BCUT2D eigenvalue weighted by Gasteiger charge is 2.21. The van der Waals surface area contributed by atoms with Gasteiger partial charge in [-0.05, 0) is 25.5 Å². The van der Waals surface area contributed by atoms with Crippen LogP contribution in [0.15, 0.2) is 18.2 Å². The van der Waals surface area contributed by atoms with Gasteiger partial charge in [-0.25, -0.2) is 0 Å². The van der Waals surface area contributed by atoms with E-state index in [-0.39, 0.29) is 17.8 Å². The molecule has 0 aliphatic heterocycles. The molecule has 3 N–H and O–H groups in total. The second-order valence-corrected chi connectivity index (χ2v) is 5.07. The molecule has 0 aliphatic rings. The molecule has 0 heterocycles. The second-order valence-electron chi connectivity index (χ2n) is 5.07. The first-order chi connectivity index (χ1) is 11.4. The van der Waals surface area contributed by atoms with Crippen LogP contribution in [0.1, 0.15) is 26.7 Å². The van der Waals surface area contributed by atoms with Crippen molar-refractivity contribution >= 4 is 23.3 Å². The minimum atomic E-state index is -1.35. The molecule has 0 saturated carbocycles. The van der Waals surface area contributed by atoms with Crippen LogP contribution in [0.2, 0.25) is 0 Å². The van der Waals surface area contributed by atoms with Gasteiger partial charge in [0, 0.05) is 0 Å². The number of ether oxygens (including phenoxy) is 1. The number of nitro groups is 1. The monoisotopic (exact) mass is 339 g/mol. The van der Waals surface area contributed by atoms with Gasteiger partial charge in [-0.3, -0.25) is 14.9 Å². The Labute approximate surface area is 139 Å².